The second-order valence-corrected chi connectivity index (χ2v) is 7.85. The first-order chi connectivity index (χ1) is 16.8. The fourth-order valence-corrected chi connectivity index (χ4v) is 4.14. The number of Topliss-reactive ketones (excluding diaryl/α,β-unsaturated/α-hetero) is 1. The summed E-state index contributed by atoms with van der Waals surface area (Å²) in [5.41, 5.74) is 0.0306. The Bertz CT molecular complexity index is 1430. The molecule has 4 aromatic rings. The Morgan fingerprint density at radius 3 is 2.57 bits per heavy atom. The quantitative estimate of drug-likeness (QED) is 0.278. The zero-order chi connectivity index (χ0) is 24.7. The predicted octanol–water partition coefficient (Wildman–Crippen LogP) is 3.65. The van der Waals surface area contributed by atoms with Gasteiger partial charge in [-0.2, -0.15) is 5.10 Å². The van der Waals surface area contributed by atoms with Crippen molar-refractivity contribution in [2.45, 2.75) is 12.5 Å². The fraction of sp³-hybridized carbons (Fsp3) is 0.0833. The van der Waals surface area contributed by atoms with Crippen LogP contribution in [0.4, 0.5) is 17.1 Å². The van der Waals surface area contributed by atoms with E-state index in [1.807, 2.05) is 12.1 Å². The molecule has 3 N–H and O–H groups in total. The third-order valence-corrected chi connectivity index (χ3v) is 5.81. The largest absolute Gasteiger partial charge is 0.872 e. The first-order valence-electron chi connectivity index (χ1n) is 10.5. The van der Waals surface area contributed by atoms with Crippen molar-refractivity contribution in [3.8, 4) is 5.75 Å². The molecular formula is C24H18N4O7-2. The Labute approximate surface area is 198 Å². The van der Waals surface area contributed by atoms with Gasteiger partial charge in [-0.15, -0.1) is 5.23 Å². The van der Waals surface area contributed by atoms with Crippen molar-refractivity contribution in [1.29, 1.82) is 0 Å². The van der Waals surface area contributed by atoms with Crippen LogP contribution < -0.4 is 20.6 Å². The van der Waals surface area contributed by atoms with Crippen LogP contribution in [0.1, 0.15) is 22.5 Å². The molecule has 0 fully saturated rings. The van der Waals surface area contributed by atoms with Crippen molar-refractivity contribution in [2.24, 2.45) is 5.10 Å². The molecule has 3 aromatic carbocycles. The smallest absolute Gasteiger partial charge is 0.222 e. The molecule has 1 unspecified atom stereocenters. The monoisotopic (exact) mass is 474 g/mol. The average Bonchev–Trinajstić information content (AvgIpc) is 3.54. The number of furan rings is 1. The zero-order valence-electron chi connectivity index (χ0n) is 18.0. The maximum Gasteiger partial charge on any atom is 0.222 e. The van der Waals surface area contributed by atoms with E-state index in [9.17, 15) is 30.7 Å². The summed E-state index contributed by atoms with van der Waals surface area (Å²) in [5, 5.41) is 59.6. The molecule has 0 bridgehead atoms. The number of anilines is 3. The highest BCUT2D eigenvalue weighted by Gasteiger charge is 2.37. The Morgan fingerprint density at radius 1 is 1.06 bits per heavy atom. The summed E-state index contributed by atoms with van der Waals surface area (Å²) < 4.78 is 5.26. The highest BCUT2D eigenvalue weighted by Crippen LogP contribution is 2.39. The molecule has 11 heteroatoms. The summed E-state index contributed by atoms with van der Waals surface area (Å²) in [7, 11) is 0. The highest BCUT2D eigenvalue weighted by molar-refractivity contribution is 6.13. The fourth-order valence-electron chi connectivity index (χ4n) is 4.14. The Hall–Kier alpha value is -4.42. The summed E-state index contributed by atoms with van der Waals surface area (Å²) in [6.07, 6.45) is 1.37. The van der Waals surface area contributed by atoms with Crippen LogP contribution in [0.5, 0.6) is 5.75 Å². The van der Waals surface area contributed by atoms with E-state index in [2.05, 4.69) is 5.10 Å². The van der Waals surface area contributed by atoms with Crippen LogP contribution in [0, 0.1) is 5.21 Å². The molecule has 35 heavy (non-hydrogen) atoms. The number of benzene rings is 3. The zero-order valence-corrected chi connectivity index (χ0v) is 18.0. The van der Waals surface area contributed by atoms with Crippen molar-refractivity contribution in [3.63, 3.8) is 0 Å². The summed E-state index contributed by atoms with van der Waals surface area (Å²) in [5.74, 6) is -0.648. The van der Waals surface area contributed by atoms with Crippen molar-refractivity contribution in [1.82, 2.24) is 0 Å². The van der Waals surface area contributed by atoms with Gasteiger partial charge in [-0.25, -0.2) is 0 Å². The van der Waals surface area contributed by atoms with Crippen LogP contribution in [-0.2, 0) is 0 Å². The molecule has 1 aliphatic heterocycles. The van der Waals surface area contributed by atoms with E-state index < -0.39 is 17.1 Å². The van der Waals surface area contributed by atoms with Gasteiger partial charge in [-0.1, -0.05) is 42.1 Å². The van der Waals surface area contributed by atoms with Crippen molar-refractivity contribution < 1.29 is 29.9 Å². The van der Waals surface area contributed by atoms with Crippen LogP contribution >= 0.6 is 0 Å². The molecule has 1 atom stereocenters. The van der Waals surface area contributed by atoms with E-state index in [0.717, 1.165) is 11.5 Å². The van der Waals surface area contributed by atoms with Gasteiger partial charge in [0.2, 0.25) is 5.78 Å². The predicted molar refractivity (Wildman–Crippen MR) is 124 cm³/mol. The van der Waals surface area contributed by atoms with E-state index in [-0.39, 0.29) is 40.2 Å². The van der Waals surface area contributed by atoms with Crippen molar-refractivity contribution in [3.05, 3.63) is 89.5 Å². The minimum absolute atomic E-state index is 0.0266. The molecule has 0 saturated carbocycles. The normalized spacial score (nSPS) is 15.4. The number of carbonyl (C=O) groups is 1. The van der Waals surface area contributed by atoms with Gasteiger partial charge in [-0.05, 0) is 46.7 Å². The molecular weight excluding hydrogens is 456 g/mol. The number of hydrogen-bond donors (Lipinski definition) is 3. The number of hydrazone groups is 1. The van der Waals surface area contributed by atoms with Crippen LogP contribution in [0.3, 0.4) is 0 Å². The molecule has 0 amide bonds. The standard InChI is InChI=1S/C24H19N4O7/c29-23-16-5-2-1-4-14(16)7-9-17(23)18-13-21(24(30)22-6-3-11-35-22)26(25-18)19-10-8-15(27(31)32)12-20(19)28(33)34/h1-12,21,29,31,33-34H,13H2/q-1/p-1. The van der Waals surface area contributed by atoms with Crippen LogP contribution in [0.15, 0.2) is 82.5 Å². The van der Waals surface area contributed by atoms with Gasteiger partial charge in [0, 0.05) is 6.42 Å². The Kier molecular flexibility index (Phi) is 5.59. The van der Waals surface area contributed by atoms with E-state index in [1.54, 1.807) is 30.3 Å². The first kappa shape index (κ1) is 22.4. The molecule has 0 aliphatic carbocycles. The van der Waals surface area contributed by atoms with Crippen molar-refractivity contribution >= 4 is 39.3 Å². The lowest BCUT2D eigenvalue weighted by atomic mass is 9.97. The van der Waals surface area contributed by atoms with Crippen molar-refractivity contribution in [2.75, 3.05) is 15.5 Å². The van der Waals surface area contributed by atoms with Crippen LogP contribution in [0.25, 0.3) is 10.8 Å². The topological polar surface area (TPSA) is 159 Å². The van der Waals surface area contributed by atoms with Crippen LogP contribution in [-0.4, -0.2) is 33.2 Å². The molecule has 0 radical (unpaired) electrons. The summed E-state index contributed by atoms with van der Waals surface area (Å²) in [6, 6.07) is 16.1. The van der Waals surface area contributed by atoms with E-state index in [0.29, 0.717) is 16.7 Å². The molecule has 2 heterocycles. The lowest BCUT2D eigenvalue weighted by Crippen LogP contribution is -2.35. The van der Waals surface area contributed by atoms with Gasteiger partial charge in [0.25, 0.3) is 0 Å². The first-order valence-corrected chi connectivity index (χ1v) is 10.5. The molecule has 5 rings (SSSR count). The van der Waals surface area contributed by atoms with Gasteiger partial charge in [-0.3, -0.25) is 25.4 Å². The number of ketones is 1. The number of nitrogens with zero attached hydrogens (tertiary/aromatic N) is 4. The minimum atomic E-state index is -0.996. The summed E-state index contributed by atoms with van der Waals surface area (Å²) >= 11 is 0. The van der Waals surface area contributed by atoms with Gasteiger partial charge < -0.3 is 20.0 Å². The van der Waals surface area contributed by atoms with Gasteiger partial charge in [0.1, 0.15) is 11.7 Å². The van der Waals surface area contributed by atoms with E-state index in [4.69, 9.17) is 4.42 Å². The Morgan fingerprint density at radius 2 is 1.86 bits per heavy atom. The molecule has 1 aliphatic rings. The van der Waals surface area contributed by atoms with Gasteiger partial charge in [0.05, 0.1) is 23.3 Å². The maximum absolute atomic E-state index is 13.3. The second-order valence-electron chi connectivity index (χ2n) is 7.85. The number of carbonyl (C=O) groups excluding carboxylic acids is 1. The van der Waals surface area contributed by atoms with Gasteiger partial charge >= 0.3 is 0 Å². The molecule has 178 valence electrons. The van der Waals surface area contributed by atoms with Crippen LogP contribution in [0.2, 0.25) is 0 Å². The Balaban J connectivity index is 1.64. The lowest BCUT2D eigenvalue weighted by Gasteiger charge is -2.28. The van der Waals surface area contributed by atoms with E-state index >= 15 is 0 Å². The number of rotatable bonds is 6. The molecule has 0 spiro atoms. The maximum atomic E-state index is 13.3. The third kappa shape index (κ3) is 3.94. The molecule has 1 aromatic heterocycles. The number of hydrogen-bond acceptors (Lipinski definition) is 11. The molecule has 11 nitrogen and oxygen atoms in total. The summed E-state index contributed by atoms with van der Waals surface area (Å²) in [4.78, 5) is 13.3. The van der Waals surface area contributed by atoms with E-state index in [1.165, 1.54) is 29.5 Å². The lowest BCUT2D eigenvalue weighted by molar-refractivity contribution is -0.266. The second kappa shape index (κ2) is 8.74. The van der Waals surface area contributed by atoms with Gasteiger partial charge in [0.15, 0.2) is 5.76 Å². The SMILES string of the molecule is O=C(c1ccco1)C1CC(c2ccc3ccccc3c2[O-])=NN1c1ccc(N([O-])O)cc1N(O)O. The summed E-state index contributed by atoms with van der Waals surface area (Å²) in [6.45, 7) is 0. The molecule has 0 saturated heterocycles. The number of fused-ring (bicyclic) bond motifs is 1. The highest BCUT2D eigenvalue weighted by atomic mass is 16.8. The average molecular weight is 474 g/mol. The minimum Gasteiger partial charge on any atom is -0.872 e. The third-order valence-electron chi connectivity index (χ3n) is 5.81.